The standard InChI is InChI=1S/C49H43N5O9/c1-61-26-27-62-48(60)53-38-24-19-30(12-10-11-25-55)28-35(38)49(47(53)59)40(45(57)50-29-39-51-36-17-8-9-18-37(36)52-39)42-46(58)63-43(32-15-6-3-7-16-32)41(31-13-4-2-5-14-31)54(42)44(49)33-20-22-34(56)23-21-33/h2-9,13-24,28,40-44,55-56H,11,25-27,29H2,1H3,(H,50,57)(H,51,52)/t40-,41-,42-,43+,44+,49-/m0/s1. The van der Waals surface area contributed by atoms with E-state index in [1.165, 1.54) is 19.2 Å². The number of carbonyl (C=O) groups excluding carboxylic acids is 4. The van der Waals surface area contributed by atoms with Gasteiger partial charge in [-0.25, -0.2) is 14.7 Å². The van der Waals surface area contributed by atoms with Gasteiger partial charge in [-0.15, -0.1) is 0 Å². The number of aliphatic hydroxyl groups excluding tert-OH is 1. The van der Waals surface area contributed by atoms with Crippen LogP contribution in [0.5, 0.6) is 5.75 Å². The summed E-state index contributed by atoms with van der Waals surface area (Å²) < 4.78 is 17.3. The molecule has 2 saturated heterocycles. The molecular formula is C49H43N5O9. The van der Waals surface area contributed by atoms with Gasteiger partial charge >= 0.3 is 12.1 Å². The zero-order valence-corrected chi connectivity index (χ0v) is 34.1. The van der Waals surface area contributed by atoms with E-state index in [0.29, 0.717) is 28.0 Å². The Hall–Kier alpha value is -7.31. The van der Waals surface area contributed by atoms with E-state index in [2.05, 4.69) is 27.1 Å². The Morgan fingerprint density at radius 3 is 2.30 bits per heavy atom. The predicted molar refractivity (Wildman–Crippen MR) is 230 cm³/mol. The lowest BCUT2D eigenvalue weighted by molar-refractivity contribution is -0.178. The summed E-state index contributed by atoms with van der Waals surface area (Å²) in [6.45, 7) is -0.405. The normalized spacial score (nSPS) is 22.6. The third-order valence-corrected chi connectivity index (χ3v) is 12.0. The first-order valence-electron chi connectivity index (χ1n) is 20.6. The fraction of sp³-hybridized carbons (Fsp3) is 0.245. The molecule has 14 heteroatoms. The number of cyclic esters (lactones) is 1. The molecule has 3 aliphatic heterocycles. The van der Waals surface area contributed by atoms with Crippen LogP contribution in [0.3, 0.4) is 0 Å². The zero-order chi connectivity index (χ0) is 43.7. The quantitative estimate of drug-likeness (QED) is 0.0747. The number of ether oxygens (including phenoxy) is 3. The Bertz CT molecular complexity index is 2720. The summed E-state index contributed by atoms with van der Waals surface area (Å²) in [5.74, 6) is 2.58. The number of aromatic nitrogens is 2. The molecule has 0 unspecified atom stereocenters. The summed E-state index contributed by atoms with van der Waals surface area (Å²) in [5.41, 5.74) is 2.09. The number of fused-ring (bicyclic) bond motifs is 4. The van der Waals surface area contributed by atoms with Crippen molar-refractivity contribution in [1.29, 1.82) is 0 Å². The zero-order valence-electron chi connectivity index (χ0n) is 34.1. The van der Waals surface area contributed by atoms with E-state index in [0.717, 1.165) is 16.0 Å². The van der Waals surface area contributed by atoms with Crippen LogP contribution in [0.15, 0.2) is 127 Å². The Morgan fingerprint density at radius 2 is 1.59 bits per heavy atom. The molecule has 0 bridgehead atoms. The van der Waals surface area contributed by atoms with Crippen LogP contribution in [0.25, 0.3) is 11.0 Å². The molecule has 63 heavy (non-hydrogen) atoms. The number of phenols is 1. The topological polar surface area (TPSA) is 184 Å². The van der Waals surface area contributed by atoms with Crippen LogP contribution in [0.2, 0.25) is 0 Å². The van der Waals surface area contributed by atoms with E-state index in [1.54, 1.807) is 30.3 Å². The van der Waals surface area contributed by atoms with Gasteiger partial charge in [0.2, 0.25) is 11.8 Å². The van der Waals surface area contributed by atoms with Crippen molar-refractivity contribution in [2.24, 2.45) is 5.92 Å². The number of H-pyrrole nitrogens is 1. The molecule has 0 radical (unpaired) electrons. The van der Waals surface area contributed by atoms with E-state index < -0.39 is 59.4 Å². The lowest BCUT2D eigenvalue weighted by Gasteiger charge is -2.46. The van der Waals surface area contributed by atoms with Gasteiger partial charge in [0.05, 0.1) is 54.5 Å². The summed E-state index contributed by atoms with van der Waals surface area (Å²) in [6.07, 6.45) is -1.76. The first kappa shape index (κ1) is 41.1. The number of benzene rings is 5. The summed E-state index contributed by atoms with van der Waals surface area (Å²) in [4.78, 5) is 71.9. The molecule has 3 aliphatic rings. The van der Waals surface area contributed by atoms with E-state index in [-0.39, 0.29) is 49.8 Å². The van der Waals surface area contributed by atoms with Crippen molar-refractivity contribution in [3.63, 3.8) is 0 Å². The number of para-hydroxylation sites is 2. The average molecular weight is 846 g/mol. The van der Waals surface area contributed by atoms with Gasteiger partial charge in [-0.1, -0.05) is 96.8 Å². The van der Waals surface area contributed by atoms with Crippen LogP contribution in [0.1, 0.15) is 58.3 Å². The molecule has 318 valence electrons. The van der Waals surface area contributed by atoms with Gasteiger partial charge in [0.1, 0.15) is 35.7 Å². The minimum atomic E-state index is -2.05. The molecule has 6 aromatic rings. The highest BCUT2D eigenvalue weighted by Gasteiger charge is 2.75. The molecule has 0 aliphatic carbocycles. The van der Waals surface area contributed by atoms with E-state index in [9.17, 15) is 15.0 Å². The van der Waals surface area contributed by atoms with Crippen molar-refractivity contribution >= 4 is 40.6 Å². The molecule has 1 aromatic heterocycles. The van der Waals surface area contributed by atoms with Gasteiger partial charge in [-0.2, -0.15) is 0 Å². The van der Waals surface area contributed by atoms with Crippen molar-refractivity contribution in [3.05, 3.63) is 161 Å². The third-order valence-electron chi connectivity index (χ3n) is 12.0. The number of nitrogens with zero attached hydrogens (tertiary/aromatic N) is 3. The van der Waals surface area contributed by atoms with E-state index in [4.69, 9.17) is 14.2 Å². The van der Waals surface area contributed by atoms with Gasteiger partial charge in [-0.05, 0) is 64.7 Å². The fourth-order valence-corrected chi connectivity index (χ4v) is 9.49. The molecule has 3 amide bonds. The lowest BCUT2D eigenvalue weighted by atomic mass is 9.65. The number of anilines is 1. The van der Waals surface area contributed by atoms with Gasteiger partial charge in [-0.3, -0.25) is 19.3 Å². The number of imidazole rings is 1. The number of esters is 1. The predicted octanol–water partition coefficient (Wildman–Crippen LogP) is 5.77. The van der Waals surface area contributed by atoms with Crippen LogP contribution >= 0.6 is 0 Å². The average Bonchev–Trinajstić information content (AvgIpc) is 3.95. The summed E-state index contributed by atoms with van der Waals surface area (Å²) in [7, 11) is 1.45. The molecule has 14 nitrogen and oxygen atoms in total. The van der Waals surface area contributed by atoms with Crippen LogP contribution < -0.4 is 10.2 Å². The Labute approximate surface area is 362 Å². The number of hydrogen-bond acceptors (Lipinski definition) is 11. The molecular weight excluding hydrogens is 803 g/mol. The van der Waals surface area contributed by atoms with Gasteiger partial charge in [0.15, 0.2) is 0 Å². The van der Waals surface area contributed by atoms with E-state index >= 15 is 14.4 Å². The molecule has 5 aromatic carbocycles. The highest BCUT2D eigenvalue weighted by atomic mass is 16.6. The van der Waals surface area contributed by atoms with Crippen LogP contribution in [0.4, 0.5) is 10.5 Å². The van der Waals surface area contributed by atoms with E-state index in [1.807, 2.05) is 89.8 Å². The maximum Gasteiger partial charge on any atom is 0.421 e. The SMILES string of the molecule is COCCOC(=O)N1C(=O)[C@@]2(c3cc(C#CCCO)ccc31)[C@H](C(=O)NCc1nc3ccccc3[nH]1)[C@H]1C(=O)O[C@H](c3ccccc3)[C@H](c3ccccc3)N1[C@@H]2c1ccc(O)cc1. The highest BCUT2D eigenvalue weighted by molar-refractivity contribution is 6.23. The Kier molecular flexibility index (Phi) is 11.2. The number of phenolic OH excluding ortho intramolecular Hbond substituents is 1. The number of aliphatic hydroxyl groups is 1. The summed E-state index contributed by atoms with van der Waals surface area (Å²) >= 11 is 0. The second kappa shape index (κ2) is 17.2. The molecule has 9 rings (SSSR count). The molecule has 1 spiro atoms. The summed E-state index contributed by atoms with van der Waals surface area (Å²) in [5, 5.41) is 23.2. The second-order valence-electron chi connectivity index (χ2n) is 15.5. The Balaban J connectivity index is 1.32. The van der Waals surface area contributed by atoms with Crippen LogP contribution in [-0.4, -0.2) is 81.9 Å². The molecule has 4 N–H and O–H groups in total. The van der Waals surface area contributed by atoms with Crippen molar-refractivity contribution in [3.8, 4) is 17.6 Å². The number of carbonyl (C=O) groups is 4. The second-order valence-corrected chi connectivity index (χ2v) is 15.5. The lowest BCUT2D eigenvalue weighted by Crippen LogP contribution is -2.55. The van der Waals surface area contributed by atoms with Crippen molar-refractivity contribution in [2.75, 3.05) is 31.8 Å². The van der Waals surface area contributed by atoms with Crippen molar-refractivity contribution < 1.29 is 43.6 Å². The Morgan fingerprint density at radius 1 is 0.873 bits per heavy atom. The molecule has 2 fully saturated rings. The minimum Gasteiger partial charge on any atom is -0.508 e. The maximum absolute atomic E-state index is 16.1. The highest BCUT2D eigenvalue weighted by Crippen LogP contribution is 2.66. The minimum absolute atomic E-state index is 0.0507. The summed E-state index contributed by atoms with van der Waals surface area (Å²) in [6, 6.07) is 33.9. The fourth-order valence-electron chi connectivity index (χ4n) is 9.49. The number of nitrogens with one attached hydrogen (secondary N) is 2. The molecule has 4 heterocycles. The van der Waals surface area contributed by atoms with Gasteiger partial charge in [0, 0.05) is 19.1 Å². The number of aromatic amines is 1. The number of aromatic hydroxyl groups is 1. The van der Waals surface area contributed by atoms with Gasteiger partial charge in [0.25, 0.3) is 0 Å². The number of morpholine rings is 1. The van der Waals surface area contributed by atoms with Crippen molar-refractivity contribution in [2.45, 2.75) is 42.6 Å². The van der Waals surface area contributed by atoms with Crippen LogP contribution in [-0.2, 0) is 40.6 Å². The smallest absolute Gasteiger partial charge is 0.421 e. The third kappa shape index (κ3) is 7.15. The maximum atomic E-state index is 16.1. The monoisotopic (exact) mass is 845 g/mol. The molecule has 6 atom stereocenters. The molecule has 0 saturated carbocycles. The number of imide groups is 1. The van der Waals surface area contributed by atoms with Gasteiger partial charge < -0.3 is 34.7 Å². The van der Waals surface area contributed by atoms with Crippen molar-refractivity contribution in [1.82, 2.24) is 20.2 Å². The number of methoxy groups -OCH3 is 1. The number of rotatable bonds is 10. The van der Waals surface area contributed by atoms with Crippen LogP contribution in [0, 0.1) is 17.8 Å². The largest absolute Gasteiger partial charge is 0.508 e. The first-order chi connectivity index (χ1) is 30.8. The number of amides is 3. The number of hydrogen-bond donors (Lipinski definition) is 4. The first-order valence-corrected chi connectivity index (χ1v) is 20.6.